The van der Waals surface area contributed by atoms with E-state index in [1.165, 1.54) is 0 Å². The highest BCUT2D eigenvalue weighted by molar-refractivity contribution is 5.42. The number of aromatic amines is 1. The average molecular weight is 311 g/mol. The molecule has 120 valence electrons. The normalized spacial score (nSPS) is 17.9. The Hall–Kier alpha value is -2.37. The van der Waals surface area contributed by atoms with Crippen LogP contribution in [-0.4, -0.2) is 41.1 Å². The van der Waals surface area contributed by atoms with Gasteiger partial charge in [0.1, 0.15) is 5.82 Å². The number of H-pyrrole nitrogens is 1. The minimum Gasteiger partial charge on any atom is -0.353 e. The second-order valence-electron chi connectivity index (χ2n) is 6.18. The first kappa shape index (κ1) is 14.2. The lowest BCUT2D eigenvalue weighted by atomic mass is 9.97. The van der Waals surface area contributed by atoms with E-state index in [1.54, 1.807) is 0 Å². The highest BCUT2D eigenvalue weighted by Crippen LogP contribution is 2.20. The number of aryl methyl sites for hydroxylation is 1. The third kappa shape index (κ3) is 2.81. The molecule has 2 aromatic heterocycles. The molecule has 0 radical (unpaired) electrons. The Kier molecular flexibility index (Phi) is 3.73. The number of hydrogen-bond acceptors (Lipinski definition) is 5. The van der Waals surface area contributed by atoms with Gasteiger partial charge in [0, 0.05) is 37.9 Å². The van der Waals surface area contributed by atoms with E-state index < -0.39 is 0 Å². The van der Waals surface area contributed by atoms with E-state index in [4.69, 9.17) is 4.98 Å². The number of hydrogen-bond donors (Lipinski definition) is 1. The Morgan fingerprint density at radius 2 is 1.78 bits per heavy atom. The van der Waals surface area contributed by atoms with Crippen LogP contribution in [0, 0.1) is 0 Å². The molecular weight excluding hydrogens is 290 g/mol. The van der Waals surface area contributed by atoms with E-state index in [-0.39, 0.29) is 5.56 Å². The maximum absolute atomic E-state index is 12.3. The van der Waals surface area contributed by atoms with Gasteiger partial charge in [0.15, 0.2) is 0 Å². The van der Waals surface area contributed by atoms with Crippen LogP contribution in [0.1, 0.15) is 24.1 Å². The monoisotopic (exact) mass is 311 g/mol. The third-order valence-corrected chi connectivity index (χ3v) is 4.73. The van der Waals surface area contributed by atoms with Crippen molar-refractivity contribution < 1.29 is 0 Å². The van der Waals surface area contributed by atoms with Gasteiger partial charge in [-0.3, -0.25) is 9.78 Å². The van der Waals surface area contributed by atoms with Crippen molar-refractivity contribution in [3.63, 3.8) is 0 Å². The zero-order valence-corrected chi connectivity index (χ0v) is 13.2. The fourth-order valence-corrected chi connectivity index (χ4v) is 3.43. The van der Waals surface area contributed by atoms with Crippen LogP contribution in [0.2, 0.25) is 0 Å². The molecule has 2 aromatic rings. The minimum absolute atomic E-state index is 0.0526. The first-order valence-corrected chi connectivity index (χ1v) is 8.34. The van der Waals surface area contributed by atoms with Crippen molar-refractivity contribution in [3.8, 4) is 0 Å². The summed E-state index contributed by atoms with van der Waals surface area (Å²) >= 11 is 0. The topological polar surface area (TPSA) is 65.1 Å². The number of nitrogens with zero attached hydrogens (tertiary/aromatic N) is 4. The molecule has 2 aliphatic rings. The fraction of sp³-hybridized carbons (Fsp3) is 0.471. The largest absolute Gasteiger partial charge is 0.353 e. The first-order chi connectivity index (χ1) is 11.3. The molecule has 1 aliphatic carbocycles. The summed E-state index contributed by atoms with van der Waals surface area (Å²) < 4.78 is 0. The van der Waals surface area contributed by atoms with Gasteiger partial charge in [-0.05, 0) is 37.8 Å². The molecule has 0 amide bonds. The van der Waals surface area contributed by atoms with Crippen LogP contribution in [0.15, 0.2) is 29.2 Å². The van der Waals surface area contributed by atoms with Gasteiger partial charge < -0.3 is 9.80 Å². The predicted molar refractivity (Wildman–Crippen MR) is 90.2 cm³/mol. The number of nitrogens with one attached hydrogen (secondary N) is 1. The molecule has 1 aliphatic heterocycles. The summed E-state index contributed by atoms with van der Waals surface area (Å²) in [7, 11) is 0. The number of aromatic nitrogens is 3. The van der Waals surface area contributed by atoms with Crippen molar-refractivity contribution in [2.75, 3.05) is 36.0 Å². The van der Waals surface area contributed by atoms with Gasteiger partial charge in [-0.25, -0.2) is 9.97 Å². The maximum Gasteiger partial charge on any atom is 0.255 e. The van der Waals surface area contributed by atoms with Gasteiger partial charge in [0.25, 0.3) is 5.56 Å². The number of pyridine rings is 1. The molecule has 1 fully saturated rings. The van der Waals surface area contributed by atoms with E-state index in [2.05, 4.69) is 19.8 Å². The Labute approximate surface area is 135 Å². The third-order valence-electron chi connectivity index (χ3n) is 4.73. The van der Waals surface area contributed by atoms with E-state index in [0.29, 0.717) is 0 Å². The van der Waals surface area contributed by atoms with Crippen molar-refractivity contribution in [3.05, 3.63) is 46.0 Å². The van der Waals surface area contributed by atoms with Crippen molar-refractivity contribution in [1.82, 2.24) is 15.0 Å². The molecule has 6 heteroatoms. The second kappa shape index (κ2) is 6.02. The Morgan fingerprint density at radius 3 is 2.57 bits per heavy atom. The molecule has 4 rings (SSSR count). The Bertz CT molecular complexity index is 734. The maximum atomic E-state index is 12.3. The highest BCUT2D eigenvalue weighted by atomic mass is 16.1. The van der Waals surface area contributed by atoms with Crippen LogP contribution in [-0.2, 0) is 12.8 Å². The first-order valence-electron chi connectivity index (χ1n) is 8.34. The predicted octanol–water partition coefficient (Wildman–Crippen LogP) is 1.37. The van der Waals surface area contributed by atoms with Crippen LogP contribution < -0.4 is 15.4 Å². The fourth-order valence-electron chi connectivity index (χ4n) is 3.43. The number of rotatable bonds is 2. The molecule has 0 aromatic carbocycles. The van der Waals surface area contributed by atoms with Gasteiger partial charge >= 0.3 is 0 Å². The number of fused-ring (bicyclic) bond motifs is 1. The van der Waals surface area contributed by atoms with Crippen LogP contribution in [0.3, 0.4) is 0 Å². The lowest BCUT2D eigenvalue weighted by Gasteiger charge is -2.35. The number of piperazine rings is 1. The SMILES string of the molecule is O=c1[nH]c(N2CCN(c3ccccn3)CC2)nc2c1CCCC2. The summed E-state index contributed by atoms with van der Waals surface area (Å²) in [5, 5.41) is 0. The second-order valence-corrected chi connectivity index (χ2v) is 6.18. The quantitative estimate of drug-likeness (QED) is 0.907. The van der Waals surface area contributed by atoms with Crippen molar-refractivity contribution in [2.45, 2.75) is 25.7 Å². The van der Waals surface area contributed by atoms with E-state index in [0.717, 1.165) is 74.9 Å². The van der Waals surface area contributed by atoms with Gasteiger partial charge in [-0.2, -0.15) is 0 Å². The lowest BCUT2D eigenvalue weighted by molar-refractivity contribution is 0.617. The summed E-state index contributed by atoms with van der Waals surface area (Å²) in [5.74, 6) is 1.75. The smallest absolute Gasteiger partial charge is 0.255 e. The Morgan fingerprint density at radius 1 is 1.00 bits per heavy atom. The summed E-state index contributed by atoms with van der Waals surface area (Å²) in [5.41, 5.74) is 1.95. The van der Waals surface area contributed by atoms with Crippen molar-refractivity contribution >= 4 is 11.8 Å². The lowest BCUT2D eigenvalue weighted by Crippen LogP contribution is -2.48. The molecule has 3 heterocycles. The highest BCUT2D eigenvalue weighted by Gasteiger charge is 2.22. The van der Waals surface area contributed by atoms with Crippen LogP contribution in [0.5, 0.6) is 0 Å². The summed E-state index contributed by atoms with van der Waals surface area (Å²) in [4.78, 5) is 28.8. The molecular formula is C17H21N5O. The van der Waals surface area contributed by atoms with E-state index in [1.807, 2.05) is 24.4 Å². The molecule has 0 unspecified atom stereocenters. The summed E-state index contributed by atoms with van der Waals surface area (Å²) in [6.07, 6.45) is 5.85. The van der Waals surface area contributed by atoms with Gasteiger partial charge in [0.2, 0.25) is 5.95 Å². The summed E-state index contributed by atoms with van der Waals surface area (Å²) in [6.45, 7) is 3.46. The molecule has 23 heavy (non-hydrogen) atoms. The van der Waals surface area contributed by atoms with Crippen LogP contribution in [0.25, 0.3) is 0 Å². The van der Waals surface area contributed by atoms with Crippen LogP contribution >= 0.6 is 0 Å². The van der Waals surface area contributed by atoms with Crippen molar-refractivity contribution in [2.24, 2.45) is 0 Å². The van der Waals surface area contributed by atoms with Crippen molar-refractivity contribution in [1.29, 1.82) is 0 Å². The Balaban J connectivity index is 1.50. The van der Waals surface area contributed by atoms with Gasteiger partial charge in [-0.15, -0.1) is 0 Å². The molecule has 6 nitrogen and oxygen atoms in total. The van der Waals surface area contributed by atoms with Gasteiger partial charge in [0.05, 0.1) is 5.69 Å². The summed E-state index contributed by atoms with van der Waals surface area (Å²) in [6, 6.07) is 5.98. The van der Waals surface area contributed by atoms with Crippen LogP contribution in [0.4, 0.5) is 11.8 Å². The zero-order valence-electron chi connectivity index (χ0n) is 13.2. The molecule has 1 N–H and O–H groups in total. The van der Waals surface area contributed by atoms with Gasteiger partial charge in [-0.1, -0.05) is 6.07 Å². The van der Waals surface area contributed by atoms with E-state index in [9.17, 15) is 4.79 Å². The standard InChI is InChI=1S/C17H21N5O/c23-16-13-5-1-2-6-14(13)19-17(20-16)22-11-9-21(10-12-22)15-7-3-4-8-18-15/h3-4,7-8H,1-2,5-6,9-12H2,(H,19,20,23). The van der Waals surface area contributed by atoms with E-state index >= 15 is 0 Å². The minimum atomic E-state index is 0.0526. The molecule has 0 saturated carbocycles. The molecule has 1 saturated heterocycles. The number of anilines is 2. The zero-order chi connectivity index (χ0) is 15.6. The molecule has 0 spiro atoms. The molecule has 0 atom stereocenters. The molecule has 0 bridgehead atoms. The average Bonchev–Trinajstić information content (AvgIpc) is 2.63.